The van der Waals surface area contributed by atoms with Gasteiger partial charge in [-0.2, -0.15) is 5.26 Å². The Labute approximate surface area is 218 Å². The summed E-state index contributed by atoms with van der Waals surface area (Å²) in [7, 11) is 0. The molecule has 0 saturated carbocycles. The molecule has 0 N–H and O–H groups in total. The van der Waals surface area contributed by atoms with E-state index in [9.17, 15) is 10.1 Å². The largest absolute Gasteiger partial charge is 0.490 e. The molecule has 37 heavy (non-hydrogen) atoms. The van der Waals surface area contributed by atoms with Gasteiger partial charge in [0.1, 0.15) is 30.6 Å². The number of rotatable bonds is 11. The highest BCUT2D eigenvalue weighted by Crippen LogP contribution is 2.31. The van der Waals surface area contributed by atoms with Gasteiger partial charge in [-0.3, -0.25) is 4.79 Å². The Bertz CT molecular complexity index is 1340. The van der Waals surface area contributed by atoms with Gasteiger partial charge in [0, 0.05) is 12.2 Å². The number of anilines is 1. The summed E-state index contributed by atoms with van der Waals surface area (Å²) < 4.78 is 17.6. The Morgan fingerprint density at radius 2 is 1.76 bits per heavy atom. The summed E-state index contributed by atoms with van der Waals surface area (Å²) in [6.45, 7) is 7.39. The van der Waals surface area contributed by atoms with Crippen molar-refractivity contribution in [1.82, 2.24) is 0 Å². The zero-order valence-electron chi connectivity index (χ0n) is 21.0. The lowest BCUT2D eigenvalue weighted by molar-refractivity contribution is -0.114. The molecular formula is C31H30N2O4. The van der Waals surface area contributed by atoms with Gasteiger partial charge in [0.05, 0.1) is 6.61 Å². The van der Waals surface area contributed by atoms with Gasteiger partial charge in [0.25, 0.3) is 5.91 Å². The standard InChI is InChI=1S/C31H30N2O4/c1-3-9-25-11-6-8-13-28(25)36-18-19-37-29-15-14-23(21-30(29)35-4-2)20-26(22-32)31(34)33-17-16-24-10-5-7-12-27(24)33/h3,5-8,10-15,20-21H,1,4,9,16-19H2,2H3/b26-20+. The summed E-state index contributed by atoms with van der Waals surface area (Å²) in [4.78, 5) is 14.8. The van der Waals surface area contributed by atoms with E-state index in [2.05, 4.69) is 12.6 Å². The van der Waals surface area contributed by atoms with E-state index in [0.717, 1.165) is 35.4 Å². The van der Waals surface area contributed by atoms with Crippen molar-refractivity contribution in [2.45, 2.75) is 19.8 Å². The second-order valence-electron chi connectivity index (χ2n) is 8.44. The molecule has 3 aromatic carbocycles. The zero-order valence-corrected chi connectivity index (χ0v) is 21.0. The number of hydrogen-bond acceptors (Lipinski definition) is 5. The Morgan fingerprint density at radius 1 is 1.00 bits per heavy atom. The van der Waals surface area contributed by atoms with E-state index < -0.39 is 0 Å². The maximum Gasteiger partial charge on any atom is 0.268 e. The number of ether oxygens (including phenoxy) is 3. The number of allylic oxidation sites excluding steroid dienone is 1. The summed E-state index contributed by atoms with van der Waals surface area (Å²) in [5.74, 6) is 1.62. The van der Waals surface area contributed by atoms with Crippen LogP contribution in [0.4, 0.5) is 5.69 Å². The first-order valence-electron chi connectivity index (χ1n) is 12.4. The molecule has 0 unspecified atom stereocenters. The van der Waals surface area contributed by atoms with Crippen molar-refractivity contribution in [2.75, 3.05) is 31.3 Å². The number of fused-ring (bicyclic) bond motifs is 1. The van der Waals surface area contributed by atoms with Crippen LogP contribution in [-0.4, -0.2) is 32.3 Å². The van der Waals surface area contributed by atoms with E-state index in [1.165, 1.54) is 0 Å². The van der Waals surface area contributed by atoms with Crippen LogP contribution in [-0.2, 0) is 17.6 Å². The van der Waals surface area contributed by atoms with Crippen LogP contribution in [0.3, 0.4) is 0 Å². The lowest BCUT2D eigenvalue weighted by Crippen LogP contribution is -2.29. The molecule has 0 atom stereocenters. The van der Waals surface area contributed by atoms with Crippen molar-refractivity contribution in [3.63, 3.8) is 0 Å². The molecule has 0 aliphatic carbocycles. The number of carbonyl (C=O) groups is 1. The number of para-hydroxylation sites is 2. The predicted molar refractivity (Wildman–Crippen MR) is 145 cm³/mol. The van der Waals surface area contributed by atoms with E-state index in [1.807, 2.05) is 61.5 Å². The summed E-state index contributed by atoms with van der Waals surface area (Å²) in [6.07, 6.45) is 4.95. The summed E-state index contributed by atoms with van der Waals surface area (Å²) in [5.41, 5.74) is 3.80. The molecule has 3 aromatic rings. The van der Waals surface area contributed by atoms with Gasteiger partial charge in [-0.1, -0.05) is 48.5 Å². The lowest BCUT2D eigenvalue weighted by atomic mass is 10.1. The van der Waals surface area contributed by atoms with E-state index in [1.54, 1.807) is 29.2 Å². The fourth-order valence-corrected chi connectivity index (χ4v) is 4.28. The van der Waals surface area contributed by atoms with Crippen molar-refractivity contribution >= 4 is 17.7 Å². The summed E-state index contributed by atoms with van der Waals surface area (Å²) >= 11 is 0. The Morgan fingerprint density at radius 3 is 2.54 bits per heavy atom. The number of carbonyl (C=O) groups excluding carboxylic acids is 1. The molecule has 0 radical (unpaired) electrons. The predicted octanol–water partition coefficient (Wildman–Crippen LogP) is 5.77. The number of nitriles is 1. The average Bonchev–Trinajstić information content (AvgIpc) is 3.36. The Balaban J connectivity index is 1.44. The topological polar surface area (TPSA) is 71.8 Å². The second-order valence-corrected chi connectivity index (χ2v) is 8.44. The highest BCUT2D eigenvalue weighted by Gasteiger charge is 2.26. The van der Waals surface area contributed by atoms with Crippen LogP contribution in [0.5, 0.6) is 17.2 Å². The summed E-state index contributed by atoms with van der Waals surface area (Å²) in [5, 5.41) is 9.74. The number of nitrogens with zero attached hydrogens (tertiary/aromatic N) is 2. The molecule has 1 aliphatic rings. The van der Waals surface area contributed by atoms with Gasteiger partial charge in [0.15, 0.2) is 11.5 Å². The van der Waals surface area contributed by atoms with Crippen LogP contribution < -0.4 is 19.1 Å². The molecule has 188 valence electrons. The van der Waals surface area contributed by atoms with Crippen molar-refractivity contribution in [1.29, 1.82) is 5.26 Å². The zero-order chi connectivity index (χ0) is 26.0. The maximum absolute atomic E-state index is 13.1. The van der Waals surface area contributed by atoms with Gasteiger partial charge in [-0.25, -0.2) is 0 Å². The Hall–Kier alpha value is -4.50. The number of amides is 1. The molecule has 6 heteroatoms. The molecule has 0 bridgehead atoms. The van der Waals surface area contributed by atoms with Crippen LogP contribution in [0.1, 0.15) is 23.6 Å². The van der Waals surface area contributed by atoms with Crippen molar-refractivity contribution < 1.29 is 19.0 Å². The van der Waals surface area contributed by atoms with Crippen LogP contribution in [0, 0.1) is 11.3 Å². The normalized spacial score (nSPS) is 12.4. The minimum absolute atomic E-state index is 0.0689. The van der Waals surface area contributed by atoms with Crippen molar-refractivity contribution in [3.05, 3.63) is 102 Å². The fraction of sp³-hybridized carbons (Fsp3) is 0.226. The molecule has 0 fully saturated rings. The smallest absolute Gasteiger partial charge is 0.268 e. The minimum atomic E-state index is -0.306. The van der Waals surface area contributed by atoms with Crippen LogP contribution in [0.25, 0.3) is 6.08 Å². The monoisotopic (exact) mass is 494 g/mol. The second kappa shape index (κ2) is 12.5. The molecule has 0 saturated heterocycles. The molecule has 0 spiro atoms. The number of benzene rings is 3. The van der Waals surface area contributed by atoms with Gasteiger partial charge >= 0.3 is 0 Å². The Kier molecular flexibility index (Phi) is 8.62. The quantitative estimate of drug-likeness (QED) is 0.147. The fourth-order valence-electron chi connectivity index (χ4n) is 4.28. The SMILES string of the molecule is C=CCc1ccccc1OCCOc1ccc(/C=C(\C#N)C(=O)N2CCc3ccccc32)cc1OCC. The highest BCUT2D eigenvalue weighted by atomic mass is 16.5. The molecule has 1 aliphatic heterocycles. The van der Waals surface area contributed by atoms with E-state index in [0.29, 0.717) is 43.4 Å². The third-order valence-corrected chi connectivity index (χ3v) is 6.00. The van der Waals surface area contributed by atoms with E-state index in [-0.39, 0.29) is 11.5 Å². The molecule has 4 rings (SSSR count). The third-order valence-electron chi connectivity index (χ3n) is 6.00. The van der Waals surface area contributed by atoms with Crippen LogP contribution in [0.15, 0.2) is 85.0 Å². The lowest BCUT2D eigenvalue weighted by Gasteiger charge is -2.17. The first kappa shape index (κ1) is 25.6. The molecule has 1 amide bonds. The van der Waals surface area contributed by atoms with Crippen LogP contribution in [0.2, 0.25) is 0 Å². The highest BCUT2D eigenvalue weighted by molar-refractivity contribution is 6.12. The van der Waals surface area contributed by atoms with Gasteiger partial charge in [-0.05, 0) is 66.8 Å². The van der Waals surface area contributed by atoms with E-state index >= 15 is 0 Å². The third kappa shape index (κ3) is 6.20. The first-order chi connectivity index (χ1) is 18.1. The molecule has 0 aromatic heterocycles. The molecule has 1 heterocycles. The van der Waals surface area contributed by atoms with Gasteiger partial charge in [-0.15, -0.1) is 6.58 Å². The minimum Gasteiger partial charge on any atom is -0.490 e. The first-order valence-corrected chi connectivity index (χ1v) is 12.4. The number of hydrogen-bond donors (Lipinski definition) is 0. The maximum atomic E-state index is 13.1. The van der Waals surface area contributed by atoms with Gasteiger partial charge in [0.2, 0.25) is 0 Å². The van der Waals surface area contributed by atoms with Crippen LogP contribution >= 0.6 is 0 Å². The van der Waals surface area contributed by atoms with Crippen molar-refractivity contribution in [2.24, 2.45) is 0 Å². The van der Waals surface area contributed by atoms with Crippen molar-refractivity contribution in [3.8, 4) is 23.3 Å². The van der Waals surface area contributed by atoms with E-state index in [4.69, 9.17) is 14.2 Å². The summed E-state index contributed by atoms with van der Waals surface area (Å²) in [6, 6.07) is 23.1. The van der Waals surface area contributed by atoms with Gasteiger partial charge < -0.3 is 19.1 Å². The molecular weight excluding hydrogens is 464 g/mol. The molecule has 6 nitrogen and oxygen atoms in total. The average molecular weight is 495 g/mol.